The number of aliphatic hydroxyl groups excluding tert-OH is 3. The summed E-state index contributed by atoms with van der Waals surface area (Å²) in [5.74, 6) is 0. The second-order valence-electron chi connectivity index (χ2n) is 7.67. The third kappa shape index (κ3) is 20.5. The molecule has 0 aliphatic rings. The molecular weight excluding hydrogens is 358 g/mol. The first kappa shape index (κ1) is 27.8. The van der Waals surface area contributed by atoms with Gasteiger partial charge in [-0.2, -0.15) is 0 Å². The topological polar surface area (TPSA) is 82.4 Å². The quantitative estimate of drug-likeness (QED) is 0.173. The molecule has 0 amide bonds. The van der Waals surface area contributed by atoms with Crippen LogP contribution in [0.4, 0.5) is 0 Å². The Morgan fingerprint density at radius 1 is 0.643 bits per heavy atom. The lowest BCUT2D eigenvalue weighted by molar-refractivity contribution is -0.377. The van der Waals surface area contributed by atoms with Crippen LogP contribution in [0.25, 0.3) is 0 Å². The van der Waals surface area contributed by atoms with Crippen molar-refractivity contribution in [1.29, 1.82) is 0 Å². The van der Waals surface area contributed by atoms with Crippen molar-refractivity contribution in [2.45, 2.75) is 109 Å². The van der Waals surface area contributed by atoms with E-state index in [1.165, 1.54) is 82.3 Å². The molecule has 0 saturated carbocycles. The monoisotopic (exact) mass is 405 g/mol. The normalized spacial score (nSPS) is 12.8. The molecule has 0 aromatic heterocycles. The molecule has 6 heteroatoms. The predicted molar refractivity (Wildman–Crippen MR) is 114 cm³/mol. The molecule has 28 heavy (non-hydrogen) atoms. The number of nitrogens with zero attached hydrogens (tertiary/aromatic N) is 1. The summed E-state index contributed by atoms with van der Waals surface area (Å²) in [5.41, 5.74) is 0. The van der Waals surface area contributed by atoms with Gasteiger partial charge >= 0.3 is 0 Å². The van der Waals surface area contributed by atoms with Gasteiger partial charge in [-0.3, -0.25) is 9.68 Å². The van der Waals surface area contributed by atoms with Gasteiger partial charge in [0, 0.05) is 0 Å². The summed E-state index contributed by atoms with van der Waals surface area (Å²) >= 11 is 0. The van der Waals surface area contributed by atoms with Crippen LogP contribution in [0.3, 0.4) is 0 Å². The summed E-state index contributed by atoms with van der Waals surface area (Å²) < 4.78 is 0. The van der Waals surface area contributed by atoms with Crippen molar-refractivity contribution in [3.8, 4) is 0 Å². The lowest BCUT2D eigenvalue weighted by Gasteiger charge is -2.22. The Kier molecular flexibility index (Phi) is 22.8. The summed E-state index contributed by atoms with van der Waals surface area (Å²) in [6, 6.07) is 0. The zero-order chi connectivity index (χ0) is 20.7. The van der Waals surface area contributed by atoms with E-state index in [-0.39, 0.29) is 33.0 Å². The van der Waals surface area contributed by atoms with Crippen LogP contribution >= 0.6 is 0 Å². The van der Waals surface area contributed by atoms with Crippen LogP contribution in [0.1, 0.15) is 103 Å². The molecule has 0 saturated heterocycles. The highest BCUT2D eigenvalue weighted by Crippen LogP contribution is 2.14. The van der Waals surface area contributed by atoms with E-state index in [4.69, 9.17) is 19.9 Å². The molecule has 0 aliphatic carbocycles. The van der Waals surface area contributed by atoms with Crippen LogP contribution in [-0.2, 0) is 9.68 Å². The second-order valence-corrected chi connectivity index (χ2v) is 7.67. The van der Waals surface area contributed by atoms with Gasteiger partial charge in [0.1, 0.15) is 0 Å². The maximum Gasteiger partial charge on any atom is 0.0942 e. The van der Waals surface area contributed by atoms with E-state index in [1.807, 2.05) is 0 Å². The van der Waals surface area contributed by atoms with Crippen LogP contribution in [0.5, 0.6) is 0 Å². The third-order valence-corrected chi connectivity index (χ3v) is 4.90. The molecule has 0 bridgehead atoms. The highest BCUT2D eigenvalue weighted by molar-refractivity contribution is 4.57. The molecule has 0 aromatic carbocycles. The zero-order valence-electron chi connectivity index (χ0n) is 18.3. The van der Waals surface area contributed by atoms with Crippen molar-refractivity contribution < 1.29 is 25.0 Å². The van der Waals surface area contributed by atoms with E-state index >= 15 is 0 Å². The van der Waals surface area contributed by atoms with Crippen molar-refractivity contribution in [2.24, 2.45) is 0 Å². The molecule has 0 spiro atoms. The summed E-state index contributed by atoms with van der Waals surface area (Å²) in [6.07, 6.45) is 18.7. The highest BCUT2D eigenvalue weighted by atomic mass is 16.9. The molecule has 3 N–H and O–H groups in total. The third-order valence-electron chi connectivity index (χ3n) is 4.90. The van der Waals surface area contributed by atoms with Crippen molar-refractivity contribution in [1.82, 2.24) is 5.23 Å². The maximum atomic E-state index is 10.1. The van der Waals surface area contributed by atoms with Gasteiger partial charge in [0.2, 0.25) is 0 Å². The van der Waals surface area contributed by atoms with Gasteiger partial charge in [-0.15, -0.1) is 0 Å². The first-order valence-corrected chi connectivity index (χ1v) is 11.7. The zero-order valence-corrected chi connectivity index (χ0v) is 18.3. The molecule has 0 fully saturated rings. The maximum absolute atomic E-state index is 10.1. The molecule has 6 nitrogen and oxygen atoms in total. The summed E-state index contributed by atoms with van der Waals surface area (Å²) in [5, 5.41) is 28.8. The fourth-order valence-corrected chi connectivity index (χ4v) is 3.27. The van der Waals surface area contributed by atoms with E-state index in [2.05, 4.69) is 6.92 Å². The van der Waals surface area contributed by atoms with Gasteiger partial charge in [-0.25, -0.2) is 0 Å². The van der Waals surface area contributed by atoms with Gasteiger partial charge in [0.25, 0.3) is 0 Å². The Bertz CT molecular complexity index is 286. The minimum Gasteiger partial charge on any atom is -0.394 e. The van der Waals surface area contributed by atoms with E-state index in [0.29, 0.717) is 6.42 Å². The Hall–Kier alpha value is -0.240. The smallest absolute Gasteiger partial charge is 0.0942 e. The molecular formula is C22H47NO5. The first-order valence-electron chi connectivity index (χ1n) is 11.7. The number of rotatable bonds is 23. The van der Waals surface area contributed by atoms with Gasteiger partial charge in [-0.1, -0.05) is 102 Å². The van der Waals surface area contributed by atoms with Gasteiger partial charge in [0.05, 0.1) is 39.1 Å². The molecule has 1 atom stereocenters. The van der Waals surface area contributed by atoms with Crippen molar-refractivity contribution >= 4 is 0 Å². The minimum atomic E-state index is -0.533. The van der Waals surface area contributed by atoms with Crippen LogP contribution in [0.15, 0.2) is 0 Å². The number of hydrogen-bond acceptors (Lipinski definition) is 6. The summed E-state index contributed by atoms with van der Waals surface area (Å²) in [4.78, 5) is 10.4. The first-order chi connectivity index (χ1) is 13.7. The Morgan fingerprint density at radius 3 is 1.43 bits per heavy atom. The largest absolute Gasteiger partial charge is 0.394 e. The highest BCUT2D eigenvalue weighted by Gasteiger charge is 2.13. The predicted octanol–water partition coefficient (Wildman–Crippen LogP) is 4.37. The molecule has 0 radical (unpaired) electrons. The van der Waals surface area contributed by atoms with Gasteiger partial charge in [-0.05, 0) is 6.42 Å². The van der Waals surface area contributed by atoms with E-state index < -0.39 is 6.10 Å². The van der Waals surface area contributed by atoms with Crippen LogP contribution in [0, 0.1) is 0 Å². The number of unbranched alkanes of at least 4 members (excludes halogenated alkanes) is 13. The van der Waals surface area contributed by atoms with E-state index in [9.17, 15) is 5.11 Å². The fourth-order valence-electron chi connectivity index (χ4n) is 3.27. The molecule has 1 unspecified atom stereocenters. The van der Waals surface area contributed by atoms with Crippen molar-refractivity contribution in [2.75, 3.05) is 33.0 Å². The van der Waals surface area contributed by atoms with Crippen molar-refractivity contribution in [3.05, 3.63) is 0 Å². The fraction of sp³-hybridized carbons (Fsp3) is 1.00. The van der Waals surface area contributed by atoms with E-state index in [0.717, 1.165) is 12.8 Å². The Labute approximate surface area is 173 Å². The Balaban J connectivity index is 3.41. The van der Waals surface area contributed by atoms with Crippen LogP contribution < -0.4 is 0 Å². The lowest BCUT2D eigenvalue weighted by Crippen LogP contribution is -2.34. The molecule has 0 aliphatic heterocycles. The summed E-state index contributed by atoms with van der Waals surface area (Å²) in [6.45, 7) is 2.47. The molecule has 0 heterocycles. The van der Waals surface area contributed by atoms with Crippen molar-refractivity contribution in [3.63, 3.8) is 0 Å². The average Bonchev–Trinajstić information content (AvgIpc) is 2.70. The molecule has 170 valence electrons. The number of hydroxylamine groups is 2. The number of aliphatic hydroxyl groups is 3. The van der Waals surface area contributed by atoms with Gasteiger partial charge < -0.3 is 15.3 Å². The second kappa shape index (κ2) is 23.0. The van der Waals surface area contributed by atoms with E-state index in [1.54, 1.807) is 0 Å². The lowest BCUT2D eigenvalue weighted by atomic mass is 10.0. The van der Waals surface area contributed by atoms with Gasteiger partial charge in [0.15, 0.2) is 0 Å². The summed E-state index contributed by atoms with van der Waals surface area (Å²) in [7, 11) is 0. The SMILES string of the molecule is CCCCCCCCCCCCCCCCC(O)CN(OCCO)OCCO. The molecule has 0 aromatic rings. The number of hydrogen-bond donors (Lipinski definition) is 3. The average molecular weight is 406 g/mol. The van der Waals surface area contributed by atoms with Crippen LogP contribution in [0.2, 0.25) is 0 Å². The minimum absolute atomic E-state index is 0.108. The standard InChI is InChI=1S/C22H47NO5/c1-2-3-4-5-6-7-8-9-10-11-12-13-14-15-16-22(26)21-23(27-19-17-24)28-20-18-25/h22,24-26H,2-21H2,1H3. The Morgan fingerprint density at radius 2 is 1.04 bits per heavy atom. The molecule has 0 rings (SSSR count). The van der Waals surface area contributed by atoms with Crippen LogP contribution in [-0.4, -0.2) is 59.6 Å².